The Morgan fingerprint density at radius 3 is 3.00 bits per heavy atom. The van der Waals surface area contributed by atoms with Gasteiger partial charge in [-0.3, -0.25) is 4.68 Å². The molecule has 102 valence electrons. The van der Waals surface area contributed by atoms with Gasteiger partial charge in [0.25, 0.3) is 0 Å². The van der Waals surface area contributed by atoms with Crippen LogP contribution in [-0.2, 0) is 6.54 Å². The summed E-state index contributed by atoms with van der Waals surface area (Å²) in [7, 11) is 0. The molecule has 7 heteroatoms. The van der Waals surface area contributed by atoms with Crippen molar-refractivity contribution < 1.29 is 4.39 Å². The number of hydrogen-bond acceptors (Lipinski definition) is 4. The van der Waals surface area contributed by atoms with Crippen LogP contribution in [0.1, 0.15) is 5.56 Å². The first-order chi connectivity index (χ1) is 9.10. The molecule has 2 heterocycles. The Hall–Kier alpha value is -1.66. The number of aromatic nitrogens is 3. The molecule has 0 aromatic carbocycles. The predicted octanol–water partition coefficient (Wildman–Crippen LogP) is 1.82. The molecule has 3 N–H and O–H groups in total. The second-order valence-corrected chi connectivity index (χ2v) is 4.59. The molecule has 0 bridgehead atoms. The molecule has 0 unspecified atom stereocenters. The van der Waals surface area contributed by atoms with Crippen molar-refractivity contribution in [2.45, 2.75) is 19.5 Å². The van der Waals surface area contributed by atoms with Gasteiger partial charge in [-0.2, -0.15) is 5.10 Å². The number of nitrogens with zero attached hydrogens (tertiary/aromatic N) is 3. The average Bonchev–Trinajstić information content (AvgIpc) is 2.87. The van der Waals surface area contributed by atoms with E-state index < -0.39 is 5.82 Å². The standard InChI is InChI=1S/C12H15ClFN5/c1-8-5-10(14)12(18-11(8)13)17-9(6-15)7-19-4-2-3-16-19/h2-5,9H,6-7,15H2,1H3,(H,17,18)/t9-/m0/s1. The second-order valence-electron chi connectivity index (χ2n) is 4.23. The predicted molar refractivity (Wildman–Crippen MR) is 72.6 cm³/mol. The molecule has 0 saturated carbocycles. The van der Waals surface area contributed by atoms with E-state index in [0.29, 0.717) is 18.7 Å². The third-order valence-corrected chi connectivity index (χ3v) is 3.08. The van der Waals surface area contributed by atoms with Gasteiger partial charge in [-0.25, -0.2) is 9.37 Å². The van der Waals surface area contributed by atoms with E-state index >= 15 is 0 Å². The highest BCUT2D eigenvalue weighted by Gasteiger charge is 2.13. The van der Waals surface area contributed by atoms with Crippen LogP contribution in [0.4, 0.5) is 10.2 Å². The van der Waals surface area contributed by atoms with Gasteiger partial charge in [-0.15, -0.1) is 0 Å². The molecule has 0 aliphatic rings. The Bertz CT molecular complexity index is 543. The number of rotatable bonds is 5. The summed E-state index contributed by atoms with van der Waals surface area (Å²) in [6, 6.07) is 2.98. The number of nitrogens with two attached hydrogens (primary N) is 1. The Kier molecular flexibility index (Phi) is 4.34. The van der Waals surface area contributed by atoms with Crippen molar-refractivity contribution >= 4 is 17.4 Å². The quantitative estimate of drug-likeness (QED) is 0.821. The van der Waals surface area contributed by atoms with Crippen molar-refractivity contribution in [1.29, 1.82) is 0 Å². The van der Waals surface area contributed by atoms with Gasteiger partial charge in [-0.05, 0) is 24.6 Å². The Morgan fingerprint density at radius 1 is 1.58 bits per heavy atom. The molecule has 2 aromatic heterocycles. The Balaban J connectivity index is 2.12. The lowest BCUT2D eigenvalue weighted by Gasteiger charge is -2.18. The normalized spacial score (nSPS) is 12.4. The summed E-state index contributed by atoms with van der Waals surface area (Å²) < 4.78 is 15.5. The van der Waals surface area contributed by atoms with Crippen molar-refractivity contribution in [2.75, 3.05) is 11.9 Å². The number of halogens is 2. The van der Waals surface area contributed by atoms with Gasteiger partial charge in [0, 0.05) is 18.9 Å². The first-order valence-corrected chi connectivity index (χ1v) is 6.24. The van der Waals surface area contributed by atoms with Crippen LogP contribution in [0.15, 0.2) is 24.5 Å². The van der Waals surface area contributed by atoms with Gasteiger partial charge in [0.1, 0.15) is 5.15 Å². The fourth-order valence-corrected chi connectivity index (χ4v) is 1.80. The van der Waals surface area contributed by atoms with Crippen LogP contribution in [0, 0.1) is 12.7 Å². The zero-order chi connectivity index (χ0) is 13.8. The molecule has 5 nitrogen and oxygen atoms in total. The van der Waals surface area contributed by atoms with Crippen LogP contribution < -0.4 is 11.1 Å². The van der Waals surface area contributed by atoms with Gasteiger partial charge < -0.3 is 11.1 Å². The maximum atomic E-state index is 13.8. The highest BCUT2D eigenvalue weighted by Crippen LogP contribution is 2.20. The molecule has 0 radical (unpaired) electrons. The minimum Gasteiger partial charge on any atom is -0.362 e. The van der Waals surface area contributed by atoms with Crippen LogP contribution >= 0.6 is 11.6 Å². The Labute approximate surface area is 115 Å². The van der Waals surface area contributed by atoms with E-state index in [1.807, 2.05) is 12.3 Å². The first-order valence-electron chi connectivity index (χ1n) is 5.87. The lowest BCUT2D eigenvalue weighted by atomic mass is 10.2. The highest BCUT2D eigenvalue weighted by atomic mass is 35.5. The third-order valence-electron chi connectivity index (χ3n) is 2.70. The van der Waals surface area contributed by atoms with Gasteiger partial charge in [0.05, 0.1) is 12.6 Å². The maximum absolute atomic E-state index is 13.8. The molecule has 0 aliphatic carbocycles. The third kappa shape index (κ3) is 3.42. The monoisotopic (exact) mass is 283 g/mol. The molecule has 19 heavy (non-hydrogen) atoms. The minimum atomic E-state index is -0.444. The first kappa shape index (κ1) is 13.8. The summed E-state index contributed by atoms with van der Waals surface area (Å²) >= 11 is 5.89. The van der Waals surface area contributed by atoms with E-state index in [-0.39, 0.29) is 17.0 Å². The van der Waals surface area contributed by atoms with E-state index in [2.05, 4.69) is 15.4 Å². The zero-order valence-electron chi connectivity index (χ0n) is 10.5. The zero-order valence-corrected chi connectivity index (χ0v) is 11.2. The lowest BCUT2D eigenvalue weighted by molar-refractivity contribution is 0.533. The summed E-state index contributed by atoms with van der Waals surface area (Å²) in [5, 5.41) is 7.30. The topological polar surface area (TPSA) is 68.8 Å². The van der Waals surface area contributed by atoms with Crippen molar-refractivity contribution in [2.24, 2.45) is 5.73 Å². The van der Waals surface area contributed by atoms with Crippen LogP contribution in [0.2, 0.25) is 5.15 Å². The van der Waals surface area contributed by atoms with Crippen molar-refractivity contribution in [1.82, 2.24) is 14.8 Å². The van der Waals surface area contributed by atoms with Crippen LogP contribution in [0.3, 0.4) is 0 Å². The fraction of sp³-hybridized carbons (Fsp3) is 0.333. The molecule has 1 atom stereocenters. The second kappa shape index (κ2) is 5.99. The lowest BCUT2D eigenvalue weighted by Crippen LogP contribution is -2.34. The molecule has 0 spiro atoms. The molecule has 2 aromatic rings. The summed E-state index contributed by atoms with van der Waals surface area (Å²) in [4.78, 5) is 3.98. The van der Waals surface area contributed by atoms with E-state index in [9.17, 15) is 4.39 Å². The van der Waals surface area contributed by atoms with E-state index in [1.54, 1.807) is 17.8 Å². The minimum absolute atomic E-state index is 0.109. The van der Waals surface area contributed by atoms with E-state index in [4.69, 9.17) is 17.3 Å². The molecule has 0 fully saturated rings. The van der Waals surface area contributed by atoms with Crippen LogP contribution in [-0.4, -0.2) is 27.4 Å². The number of pyridine rings is 1. The van der Waals surface area contributed by atoms with Crippen LogP contribution in [0.25, 0.3) is 0 Å². The van der Waals surface area contributed by atoms with Crippen molar-refractivity contribution in [3.8, 4) is 0 Å². The molecular formula is C12H15ClFN5. The summed E-state index contributed by atoms with van der Waals surface area (Å²) in [5.74, 6) is -0.334. The van der Waals surface area contributed by atoms with Gasteiger partial charge >= 0.3 is 0 Å². The molecule has 0 aliphatic heterocycles. The molecule has 2 rings (SSSR count). The molecule has 0 amide bonds. The number of anilines is 1. The summed E-state index contributed by atoms with van der Waals surface area (Å²) in [5.41, 5.74) is 6.27. The maximum Gasteiger partial charge on any atom is 0.165 e. The Morgan fingerprint density at radius 2 is 2.37 bits per heavy atom. The number of hydrogen-bond donors (Lipinski definition) is 2. The average molecular weight is 284 g/mol. The largest absolute Gasteiger partial charge is 0.362 e. The fourth-order valence-electron chi connectivity index (χ4n) is 1.67. The van der Waals surface area contributed by atoms with Crippen molar-refractivity contribution in [3.63, 3.8) is 0 Å². The van der Waals surface area contributed by atoms with Gasteiger partial charge in [0.15, 0.2) is 11.6 Å². The van der Waals surface area contributed by atoms with E-state index in [1.165, 1.54) is 6.07 Å². The SMILES string of the molecule is Cc1cc(F)c(N[C@@H](CN)Cn2cccn2)nc1Cl. The van der Waals surface area contributed by atoms with Gasteiger partial charge in [0.2, 0.25) is 0 Å². The number of aryl methyl sites for hydroxylation is 1. The summed E-state index contributed by atoms with van der Waals surface area (Å²) in [6.45, 7) is 2.55. The van der Waals surface area contributed by atoms with Crippen LogP contribution in [0.5, 0.6) is 0 Å². The molecular weight excluding hydrogens is 269 g/mol. The van der Waals surface area contributed by atoms with Gasteiger partial charge in [-0.1, -0.05) is 11.6 Å². The number of nitrogens with one attached hydrogen (secondary N) is 1. The van der Waals surface area contributed by atoms with E-state index in [0.717, 1.165) is 0 Å². The smallest absolute Gasteiger partial charge is 0.165 e. The van der Waals surface area contributed by atoms with Crippen molar-refractivity contribution in [3.05, 3.63) is 41.1 Å². The summed E-state index contributed by atoms with van der Waals surface area (Å²) in [6.07, 6.45) is 3.49. The molecule has 0 saturated heterocycles. The highest BCUT2D eigenvalue weighted by molar-refractivity contribution is 6.30.